The molecule has 2 aliphatic heterocycles. The molecule has 7 heteroatoms. The Labute approximate surface area is 180 Å². The van der Waals surface area contributed by atoms with Crippen LogP contribution in [-0.4, -0.2) is 55.0 Å². The summed E-state index contributed by atoms with van der Waals surface area (Å²) in [5.74, 6) is 1.39. The van der Waals surface area contributed by atoms with Gasteiger partial charge in [-0.3, -0.25) is 9.59 Å². The van der Waals surface area contributed by atoms with Crippen LogP contribution in [0.1, 0.15) is 45.1 Å². The molecule has 3 rings (SSSR count). The van der Waals surface area contributed by atoms with E-state index in [9.17, 15) is 9.59 Å². The summed E-state index contributed by atoms with van der Waals surface area (Å²) in [7, 11) is 0. The number of carbonyl (C=O) groups is 2. The van der Waals surface area contributed by atoms with Gasteiger partial charge in [0.25, 0.3) is 0 Å². The highest BCUT2D eigenvalue weighted by atomic mass is 35.5. The average molecular weight is 424 g/mol. The van der Waals surface area contributed by atoms with E-state index in [2.05, 4.69) is 10.6 Å². The van der Waals surface area contributed by atoms with Crippen molar-refractivity contribution in [3.63, 3.8) is 0 Å². The minimum absolute atomic E-state index is 0. The van der Waals surface area contributed by atoms with E-state index in [-0.39, 0.29) is 36.4 Å². The van der Waals surface area contributed by atoms with E-state index in [1.54, 1.807) is 0 Å². The molecule has 0 spiro atoms. The van der Waals surface area contributed by atoms with Gasteiger partial charge in [-0.05, 0) is 69.7 Å². The Morgan fingerprint density at radius 1 is 1.28 bits per heavy atom. The largest absolute Gasteiger partial charge is 0.491 e. The predicted molar refractivity (Wildman–Crippen MR) is 116 cm³/mol. The van der Waals surface area contributed by atoms with Gasteiger partial charge in [0, 0.05) is 19.6 Å². The van der Waals surface area contributed by atoms with Gasteiger partial charge in [0.15, 0.2) is 0 Å². The highest BCUT2D eigenvalue weighted by molar-refractivity contribution is 5.85. The predicted octanol–water partition coefficient (Wildman–Crippen LogP) is 2.54. The lowest BCUT2D eigenvalue weighted by Gasteiger charge is -2.33. The summed E-state index contributed by atoms with van der Waals surface area (Å²) in [6.45, 7) is 7.08. The number of rotatable bonds is 7. The van der Waals surface area contributed by atoms with Gasteiger partial charge >= 0.3 is 0 Å². The number of amides is 2. The van der Waals surface area contributed by atoms with Crippen molar-refractivity contribution >= 4 is 24.2 Å². The SMILES string of the molecule is CC(C)Oc1cccc(CC(=O)N2CCCC(CNC(=O)C3CCCN3)C2)c1.Cl. The second-order valence-electron chi connectivity index (χ2n) is 8.23. The molecule has 0 saturated carbocycles. The molecular weight excluding hydrogens is 390 g/mol. The number of likely N-dealkylation sites (tertiary alicyclic amines) is 1. The average Bonchev–Trinajstić information content (AvgIpc) is 3.21. The molecule has 2 unspecified atom stereocenters. The fourth-order valence-corrected chi connectivity index (χ4v) is 4.02. The Bertz CT molecular complexity index is 677. The van der Waals surface area contributed by atoms with Crippen LogP contribution in [0.2, 0.25) is 0 Å². The number of ether oxygens (including phenoxy) is 1. The third-order valence-electron chi connectivity index (χ3n) is 5.44. The Morgan fingerprint density at radius 2 is 2.10 bits per heavy atom. The highest BCUT2D eigenvalue weighted by Gasteiger charge is 2.26. The summed E-state index contributed by atoms with van der Waals surface area (Å²) in [6.07, 6.45) is 4.53. The Morgan fingerprint density at radius 3 is 2.83 bits per heavy atom. The lowest BCUT2D eigenvalue weighted by Crippen LogP contribution is -2.47. The van der Waals surface area contributed by atoms with Crippen LogP contribution in [0.3, 0.4) is 0 Å². The monoisotopic (exact) mass is 423 g/mol. The second-order valence-corrected chi connectivity index (χ2v) is 8.23. The fourth-order valence-electron chi connectivity index (χ4n) is 4.02. The number of piperidine rings is 1. The van der Waals surface area contributed by atoms with Crippen molar-refractivity contribution in [2.75, 3.05) is 26.2 Å². The van der Waals surface area contributed by atoms with Gasteiger partial charge in [-0.1, -0.05) is 12.1 Å². The molecule has 2 aliphatic rings. The topological polar surface area (TPSA) is 70.7 Å². The molecule has 162 valence electrons. The first kappa shape index (κ1) is 23.5. The second kappa shape index (κ2) is 11.4. The summed E-state index contributed by atoms with van der Waals surface area (Å²) in [6, 6.07) is 7.75. The molecule has 0 aliphatic carbocycles. The summed E-state index contributed by atoms with van der Waals surface area (Å²) in [5.41, 5.74) is 0.978. The zero-order valence-electron chi connectivity index (χ0n) is 17.5. The molecule has 1 aromatic carbocycles. The first-order valence-corrected chi connectivity index (χ1v) is 10.6. The van der Waals surface area contributed by atoms with Gasteiger partial charge in [0.05, 0.1) is 18.6 Å². The molecule has 0 aromatic heterocycles. The minimum Gasteiger partial charge on any atom is -0.491 e. The molecule has 0 radical (unpaired) electrons. The van der Waals surface area contributed by atoms with Gasteiger partial charge in [0.2, 0.25) is 11.8 Å². The molecule has 0 bridgehead atoms. The number of halogens is 1. The number of carbonyl (C=O) groups excluding carboxylic acids is 2. The number of nitrogens with one attached hydrogen (secondary N) is 2. The maximum absolute atomic E-state index is 12.8. The van der Waals surface area contributed by atoms with Crippen molar-refractivity contribution in [3.8, 4) is 5.75 Å². The third kappa shape index (κ3) is 7.19. The first-order chi connectivity index (χ1) is 13.5. The zero-order valence-corrected chi connectivity index (χ0v) is 18.3. The lowest BCUT2D eigenvalue weighted by molar-refractivity contribution is -0.132. The van der Waals surface area contributed by atoms with Crippen molar-refractivity contribution in [2.45, 2.75) is 58.1 Å². The lowest BCUT2D eigenvalue weighted by atomic mass is 9.97. The molecule has 1 aromatic rings. The first-order valence-electron chi connectivity index (χ1n) is 10.6. The van der Waals surface area contributed by atoms with E-state index >= 15 is 0 Å². The van der Waals surface area contributed by atoms with Crippen LogP contribution >= 0.6 is 12.4 Å². The van der Waals surface area contributed by atoms with Crippen LogP contribution in [0.25, 0.3) is 0 Å². The van der Waals surface area contributed by atoms with Gasteiger partial charge in [0.1, 0.15) is 5.75 Å². The molecular formula is C22H34ClN3O3. The Kier molecular flexibility index (Phi) is 9.24. The molecule has 2 amide bonds. The number of nitrogens with zero attached hydrogens (tertiary/aromatic N) is 1. The van der Waals surface area contributed by atoms with Gasteiger partial charge < -0.3 is 20.3 Å². The molecule has 6 nitrogen and oxygen atoms in total. The van der Waals surface area contributed by atoms with E-state index in [0.717, 1.165) is 56.6 Å². The van der Waals surface area contributed by atoms with Crippen LogP contribution in [0, 0.1) is 5.92 Å². The zero-order chi connectivity index (χ0) is 19.9. The van der Waals surface area contributed by atoms with Crippen LogP contribution in [-0.2, 0) is 16.0 Å². The molecule has 2 fully saturated rings. The van der Waals surface area contributed by atoms with Crippen molar-refractivity contribution in [3.05, 3.63) is 29.8 Å². The van der Waals surface area contributed by atoms with Crippen molar-refractivity contribution in [1.82, 2.24) is 15.5 Å². The number of hydrogen-bond acceptors (Lipinski definition) is 4. The number of hydrogen-bond donors (Lipinski definition) is 2. The third-order valence-corrected chi connectivity index (χ3v) is 5.44. The molecule has 29 heavy (non-hydrogen) atoms. The van der Waals surface area contributed by atoms with E-state index in [1.165, 1.54) is 0 Å². The standard InChI is InChI=1S/C22H33N3O3.ClH/c1-16(2)28-19-8-3-6-17(12-19)13-21(26)25-11-5-7-18(15-25)14-24-22(27)20-9-4-10-23-20;/h3,6,8,12,16,18,20,23H,4-5,7,9-11,13-15H2,1-2H3,(H,24,27);1H. The van der Waals surface area contributed by atoms with Crippen LogP contribution < -0.4 is 15.4 Å². The summed E-state index contributed by atoms with van der Waals surface area (Å²) >= 11 is 0. The van der Waals surface area contributed by atoms with E-state index in [0.29, 0.717) is 18.9 Å². The van der Waals surface area contributed by atoms with Crippen molar-refractivity contribution in [2.24, 2.45) is 5.92 Å². The molecule has 2 atom stereocenters. The van der Waals surface area contributed by atoms with Crippen molar-refractivity contribution in [1.29, 1.82) is 0 Å². The van der Waals surface area contributed by atoms with Crippen LogP contribution in [0.5, 0.6) is 5.75 Å². The van der Waals surface area contributed by atoms with Crippen molar-refractivity contribution < 1.29 is 14.3 Å². The number of benzene rings is 1. The highest BCUT2D eigenvalue weighted by Crippen LogP contribution is 2.19. The quantitative estimate of drug-likeness (QED) is 0.707. The van der Waals surface area contributed by atoms with Crippen LogP contribution in [0.4, 0.5) is 0 Å². The summed E-state index contributed by atoms with van der Waals surface area (Å²) in [5, 5.41) is 6.30. The van der Waals surface area contributed by atoms with Gasteiger partial charge in [-0.2, -0.15) is 0 Å². The summed E-state index contributed by atoms with van der Waals surface area (Å²) < 4.78 is 5.73. The fraction of sp³-hybridized carbons (Fsp3) is 0.636. The van der Waals surface area contributed by atoms with Gasteiger partial charge in [-0.15, -0.1) is 12.4 Å². The molecule has 2 heterocycles. The minimum atomic E-state index is -0.0401. The van der Waals surface area contributed by atoms with Gasteiger partial charge in [-0.25, -0.2) is 0 Å². The Balaban J connectivity index is 0.00000300. The Hall–Kier alpha value is -1.79. The summed E-state index contributed by atoms with van der Waals surface area (Å²) in [4.78, 5) is 26.9. The molecule has 2 N–H and O–H groups in total. The normalized spacial score (nSPS) is 21.6. The maximum atomic E-state index is 12.8. The maximum Gasteiger partial charge on any atom is 0.237 e. The van der Waals surface area contributed by atoms with E-state index in [1.807, 2.05) is 43.0 Å². The van der Waals surface area contributed by atoms with Crippen LogP contribution in [0.15, 0.2) is 24.3 Å². The smallest absolute Gasteiger partial charge is 0.237 e. The van der Waals surface area contributed by atoms with E-state index in [4.69, 9.17) is 4.74 Å². The van der Waals surface area contributed by atoms with E-state index < -0.39 is 0 Å². The molecule has 2 saturated heterocycles.